The molecular formula is C12H15FN2O4S. The van der Waals surface area contributed by atoms with Gasteiger partial charge in [0.25, 0.3) is 0 Å². The number of methoxy groups -OCH3 is 1. The number of primary sulfonamides is 1. The number of nitrogens with two attached hydrogens (primary N) is 1. The number of carbonyl (C=O) groups excluding carboxylic acids is 1. The summed E-state index contributed by atoms with van der Waals surface area (Å²) in [5.41, 5.74) is 0.0891. The average Bonchev–Trinajstić information content (AvgIpc) is 2.68. The number of halogens is 1. The van der Waals surface area contributed by atoms with E-state index in [2.05, 4.69) is 0 Å². The van der Waals surface area contributed by atoms with E-state index >= 15 is 0 Å². The van der Waals surface area contributed by atoms with Gasteiger partial charge in [-0.15, -0.1) is 0 Å². The van der Waals surface area contributed by atoms with Gasteiger partial charge in [-0.25, -0.2) is 17.9 Å². The fourth-order valence-electron chi connectivity index (χ4n) is 2.28. The number of benzene rings is 1. The molecule has 1 amide bonds. The summed E-state index contributed by atoms with van der Waals surface area (Å²) in [6.07, 6.45) is 0.0348. The molecule has 0 radical (unpaired) electrons. The third kappa shape index (κ3) is 3.26. The number of nitrogens with zero attached hydrogens (tertiary/aromatic N) is 1. The lowest BCUT2D eigenvalue weighted by molar-refractivity contribution is -0.117. The molecule has 2 rings (SSSR count). The van der Waals surface area contributed by atoms with Gasteiger partial charge in [0.05, 0.1) is 18.6 Å². The summed E-state index contributed by atoms with van der Waals surface area (Å²) >= 11 is 0. The highest BCUT2D eigenvalue weighted by atomic mass is 32.2. The van der Waals surface area contributed by atoms with Crippen LogP contribution in [0.5, 0.6) is 5.75 Å². The van der Waals surface area contributed by atoms with Crippen molar-refractivity contribution in [3.8, 4) is 5.75 Å². The van der Waals surface area contributed by atoms with Crippen molar-refractivity contribution in [2.24, 2.45) is 11.1 Å². The van der Waals surface area contributed by atoms with Crippen LogP contribution in [-0.2, 0) is 14.8 Å². The summed E-state index contributed by atoms with van der Waals surface area (Å²) in [6, 6.07) is 4.06. The highest BCUT2D eigenvalue weighted by Crippen LogP contribution is 2.30. The summed E-state index contributed by atoms with van der Waals surface area (Å²) in [5.74, 6) is -1.19. The SMILES string of the molecule is COc1ccc(F)c(N2CC(CS(N)(=O)=O)CC2=O)c1. The molecule has 1 aliphatic heterocycles. The van der Waals surface area contributed by atoms with E-state index in [1.165, 1.54) is 30.2 Å². The molecule has 1 heterocycles. The second kappa shape index (κ2) is 5.37. The first kappa shape index (κ1) is 14.7. The summed E-state index contributed by atoms with van der Waals surface area (Å²) in [6.45, 7) is 0.124. The highest BCUT2D eigenvalue weighted by molar-refractivity contribution is 7.89. The molecule has 1 aromatic rings. The van der Waals surface area contributed by atoms with Gasteiger partial charge in [-0.05, 0) is 12.1 Å². The van der Waals surface area contributed by atoms with Crippen molar-refractivity contribution in [2.75, 3.05) is 24.3 Å². The molecule has 0 spiro atoms. The molecule has 1 fully saturated rings. The van der Waals surface area contributed by atoms with E-state index in [1.54, 1.807) is 0 Å². The van der Waals surface area contributed by atoms with Gasteiger partial charge in [0.15, 0.2) is 0 Å². The van der Waals surface area contributed by atoms with Crippen LogP contribution in [0.3, 0.4) is 0 Å². The predicted octanol–water partition coefficient (Wildman–Crippen LogP) is 0.476. The normalized spacial score (nSPS) is 19.4. The van der Waals surface area contributed by atoms with E-state index in [1.807, 2.05) is 0 Å². The predicted molar refractivity (Wildman–Crippen MR) is 71.4 cm³/mol. The van der Waals surface area contributed by atoms with E-state index in [4.69, 9.17) is 9.88 Å². The second-order valence-electron chi connectivity index (χ2n) is 4.72. The van der Waals surface area contributed by atoms with Crippen molar-refractivity contribution < 1.29 is 22.3 Å². The maximum Gasteiger partial charge on any atom is 0.227 e. The lowest BCUT2D eigenvalue weighted by Crippen LogP contribution is -2.28. The van der Waals surface area contributed by atoms with E-state index < -0.39 is 21.8 Å². The summed E-state index contributed by atoms with van der Waals surface area (Å²) < 4.78 is 40.9. The van der Waals surface area contributed by atoms with Crippen LogP contribution in [-0.4, -0.2) is 33.7 Å². The van der Waals surface area contributed by atoms with Gasteiger partial charge in [0.1, 0.15) is 11.6 Å². The van der Waals surface area contributed by atoms with Gasteiger partial charge in [0.2, 0.25) is 15.9 Å². The number of rotatable bonds is 4. The van der Waals surface area contributed by atoms with Crippen molar-refractivity contribution >= 4 is 21.6 Å². The Morgan fingerprint density at radius 2 is 2.20 bits per heavy atom. The minimum absolute atomic E-state index is 0.0348. The van der Waals surface area contributed by atoms with Gasteiger partial charge in [-0.3, -0.25) is 4.79 Å². The van der Waals surface area contributed by atoms with Crippen molar-refractivity contribution in [1.29, 1.82) is 0 Å². The minimum Gasteiger partial charge on any atom is -0.497 e. The Hall–Kier alpha value is -1.67. The molecule has 2 N–H and O–H groups in total. The molecule has 0 bridgehead atoms. The van der Waals surface area contributed by atoms with Crippen LogP contribution < -0.4 is 14.8 Å². The monoisotopic (exact) mass is 302 g/mol. The van der Waals surface area contributed by atoms with E-state index in [-0.39, 0.29) is 30.3 Å². The Kier molecular flexibility index (Phi) is 3.96. The standard InChI is InChI=1S/C12H15FN2O4S/c1-19-9-2-3-10(13)11(5-9)15-6-8(4-12(15)16)7-20(14,17)18/h2-3,5,8H,4,6-7H2,1H3,(H2,14,17,18). The minimum atomic E-state index is -3.66. The Morgan fingerprint density at radius 3 is 2.80 bits per heavy atom. The summed E-state index contributed by atoms with van der Waals surface area (Å²) in [5, 5.41) is 4.97. The Bertz CT molecular complexity index is 632. The number of sulfonamides is 1. The Morgan fingerprint density at radius 1 is 1.50 bits per heavy atom. The van der Waals surface area contributed by atoms with Crippen LogP contribution in [0, 0.1) is 11.7 Å². The van der Waals surface area contributed by atoms with Gasteiger partial charge in [-0.2, -0.15) is 0 Å². The van der Waals surface area contributed by atoms with Crippen molar-refractivity contribution in [2.45, 2.75) is 6.42 Å². The number of anilines is 1. The molecule has 110 valence electrons. The van der Waals surface area contributed by atoms with Gasteiger partial charge < -0.3 is 9.64 Å². The number of amides is 1. The third-order valence-electron chi connectivity index (χ3n) is 3.12. The first-order valence-corrected chi connectivity index (χ1v) is 7.66. The fourth-order valence-corrected chi connectivity index (χ4v) is 3.16. The zero-order valence-electron chi connectivity index (χ0n) is 10.9. The molecule has 0 aliphatic carbocycles. The van der Waals surface area contributed by atoms with Crippen molar-refractivity contribution in [3.63, 3.8) is 0 Å². The smallest absolute Gasteiger partial charge is 0.227 e. The van der Waals surface area contributed by atoms with E-state index in [0.29, 0.717) is 5.75 Å². The van der Waals surface area contributed by atoms with E-state index in [9.17, 15) is 17.6 Å². The number of carbonyl (C=O) groups is 1. The molecule has 0 saturated carbocycles. The first-order valence-electron chi connectivity index (χ1n) is 5.94. The van der Waals surface area contributed by atoms with Crippen molar-refractivity contribution in [3.05, 3.63) is 24.0 Å². The van der Waals surface area contributed by atoms with Crippen LogP contribution in [0.2, 0.25) is 0 Å². The molecule has 1 unspecified atom stereocenters. The largest absolute Gasteiger partial charge is 0.497 e. The maximum atomic E-state index is 13.8. The Labute approximate surface area is 116 Å². The third-order valence-corrected chi connectivity index (χ3v) is 4.05. The number of ether oxygens (including phenoxy) is 1. The van der Waals surface area contributed by atoms with E-state index in [0.717, 1.165) is 0 Å². The number of hydrogen-bond acceptors (Lipinski definition) is 4. The zero-order valence-corrected chi connectivity index (χ0v) is 11.7. The molecule has 1 aliphatic rings. The summed E-state index contributed by atoms with van der Waals surface area (Å²) in [4.78, 5) is 13.1. The van der Waals surface area contributed by atoms with Crippen LogP contribution in [0.4, 0.5) is 10.1 Å². The highest BCUT2D eigenvalue weighted by Gasteiger charge is 2.34. The maximum absolute atomic E-state index is 13.8. The van der Waals surface area contributed by atoms with Crippen LogP contribution in [0.25, 0.3) is 0 Å². The molecule has 0 aromatic heterocycles. The Balaban J connectivity index is 2.24. The molecule has 1 atom stereocenters. The fraction of sp³-hybridized carbons (Fsp3) is 0.417. The quantitative estimate of drug-likeness (QED) is 0.875. The van der Waals surface area contributed by atoms with Crippen LogP contribution in [0.1, 0.15) is 6.42 Å². The molecule has 6 nitrogen and oxygen atoms in total. The van der Waals surface area contributed by atoms with Crippen LogP contribution >= 0.6 is 0 Å². The van der Waals surface area contributed by atoms with Gasteiger partial charge in [-0.1, -0.05) is 0 Å². The van der Waals surface area contributed by atoms with Crippen molar-refractivity contribution in [1.82, 2.24) is 0 Å². The second-order valence-corrected chi connectivity index (χ2v) is 6.38. The van der Waals surface area contributed by atoms with Crippen LogP contribution in [0.15, 0.2) is 18.2 Å². The average molecular weight is 302 g/mol. The molecular weight excluding hydrogens is 287 g/mol. The van der Waals surface area contributed by atoms with Gasteiger partial charge in [0, 0.05) is 24.9 Å². The number of hydrogen-bond donors (Lipinski definition) is 1. The molecule has 8 heteroatoms. The topological polar surface area (TPSA) is 89.7 Å². The molecule has 1 saturated heterocycles. The first-order chi connectivity index (χ1) is 9.30. The summed E-state index contributed by atoms with van der Waals surface area (Å²) in [7, 11) is -2.22. The lowest BCUT2D eigenvalue weighted by Gasteiger charge is -2.18. The molecule has 1 aromatic carbocycles. The zero-order chi connectivity index (χ0) is 14.9. The molecule has 20 heavy (non-hydrogen) atoms. The lowest BCUT2D eigenvalue weighted by atomic mass is 10.1. The van der Waals surface area contributed by atoms with Gasteiger partial charge >= 0.3 is 0 Å².